The molecule has 118 valence electrons. The Labute approximate surface area is 125 Å². The highest BCUT2D eigenvalue weighted by atomic mass is 19.2. The first-order chi connectivity index (χ1) is 10.5. The molecule has 2 aliphatic rings. The molecule has 1 aliphatic heterocycles. The van der Waals surface area contributed by atoms with Gasteiger partial charge in [0.15, 0.2) is 17.5 Å². The summed E-state index contributed by atoms with van der Waals surface area (Å²) in [4.78, 5) is 25.4. The van der Waals surface area contributed by atoms with E-state index in [1.807, 2.05) is 4.90 Å². The summed E-state index contributed by atoms with van der Waals surface area (Å²) in [7, 11) is 0. The molecular weight excluding hydrogens is 297 g/mol. The fraction of sp³-hybridized carbons (Fsp3) is 0.467. The van der Waals surface area contributed by atoms with E-state index < -0.39 is 28.9 Å². The van der Waals surface area contributed by atoms with Crippen LogP contribution in [0.5, 0.6) is 0 Å². The molecule has 4 nitrogen and oxygen atoms in total. The van der Waals surface area contributed by atoms with Crippen LogP contribution in [0.2, 0.25) is 0 Å². The highest BCUT2D eigenvalue weighted by molar-refractivity contribution is 5.94. The molecule has 7 heteroatoms. The zero-order valence-electron chi connectivity index (χ0n) is 11.7. The van der Waals surface area contributed by atoms with E-state index in [9.17, 15) is 22.8 Å². The van der Waals surface area contributed by atoms with Crippen molar-refractivity contribution in [3.63, 3.8) is 0 Å². The van der Waals surface area contributed by atoms with Crippen LogP contribution in [-0.2, 0) is 4.79 Å². The third kappa shape index (κ3) is 2.80. The Hall–Kier alpha value is -2.05. The third-order valence-electron chi connectivity index (χ3n) is 4.06. The first kappa shape index (κ1) is 14.9. The summed E-state index contributed by atoms with van der Waals surface area (Å²) in [6, 6.07) is 1.94. The molecule has 3 rings (SSSR count). The molecular formula is C15H15F3N2O2. The van der Waals surface area contributed by atoms with Gasteiger partial charge in [0.05, 0.1) is 5.56 Å². The molecule has 1 saturated heterocycles. The first-order valence-corrected chi connectivity index (χ1v) is 7.18. The van der Waals surface area contributed by atoms with Crippen LogP contribution >= 0.6 is 0 Å². The Balaban J connectivity index is 1.59. The number of rotatable bonds is 4. The minimum Gasteiger partial charge on any atom is -0.352 e. The Morgan fingerprint density at radius 2 is 1.95 bits per heavy atom. The first-order valence-electron chi connectivity index (χ1n) is 7.18. The number of amides is 2. The van der Waals surface area contributed by atoms with Crippen molar-refractivity contribution in [3.05, 3.63) is 35.1 Å². The van der Waals surface area contributed by atoms with E-state index >= 15 is 0 Å². The number of halogens is 3. The smallest absolute Gasteiger partial charge is 0.254 e. The van der Waals surface area contributed by atoms with Crippen LogP contribution < -0.4 is 5.32 Å². The summed E-state index contributed by atoms with van der Waals surface area (Å²) in [5, 5.41) is 2.48. The summed E-state index contributed by atoms with van der Waals surface area (Å²) >= 11 is 0. The molecule has 22 heavy (non-hydrogen) atoms. The lowest BCUT2D eigenvalue weighted by atomic mass is 10.1. The molecule has 1 N–H and O–H groups in total. The van der Waals surface area contributed by atoms with Crippen molar-refractivity contribution in [2.75, 3.05) is 13.1 Å². The van der Waals surface area contributed by atoms with E-state index in [1.165, 1.54) is 0 Å². The van der Waals surface area contributed by atoms with Crippen LogP contribution in [0.25, 0.3) is 0 Å². The van der Waals surface area contributed by atoms with Crippen LogP contribution in [0.1, 0.15) is 29.6 Å². The number of nitrogens with one attached hydrogen (secondary N) is 1. The van der Waals surface area contributed by atoms with Crippen molar-refractivity contribution in [1.29, 1.82) is 0 Å². The molecule has 0 radical (unpaired) electrons. The van der Waals surface area contributed by atoms with Crippen LogP contribution in [-0.4, -0.2) is 35.8 Å². The standard InChI is InChI=1S/C15H15F3N2O2/c16-11-4-3-10(13(17)14(11)18)15(22)19-6-8-5-12(21)20(7-8)9-1-2-9/h3-4,8-9H,1-2,5-7H2,(H,19,22). The lowest BCUT2D eigenvalue weighted by molar-refractivity contribution is -0.128. The molecule has 1 aromatic rings. The lowest BCUT2D eigenvalue weighted by Crippen LogP contribution is -2.32. The molecule has 1 aromatic carbocycles. The van der Waals surface area contributed by atoms with Crippen LogP contribution in [0.3, 0.4) is 0 Å². The topological polar surface area (TPSA) is 49.4 Å². The summed E-state index contributed by atoms with van der Waals surface area (Å²) in [5.41, 5.74) is -0.540. The summed E-state index contributed by atoms with van der Waals surface area (Å²) in [5.74, 6) is -5.28. The van der Waals surface area contributed by atoms with Gasteiger partial charge in [-0.3, -0.25) is 9.59 Å². The molecule has 1 saturated carbocycles. The summed E-state index contributed by atoms with van der Waals surface area (Å²) in [6.07, 6.45) is 2.38. The highest BCUT2D eigenvalue weighted by Crippen LogP contribution is 2.32. The van der Waals surface area contributed by atoms with Gasteiger partial charge in [0, 0.05) is 31.5 Å². The monoisotopic (exact) mass is 312 g/mol. The molecule has 2 fully saturated rings. The molecule has 1 heterocycles. The van der Waals surface area contributed by atoms with Crippen molar-refractivity contribution in [2.45, 2.75) is 25.3 Å². The molecule has 0 aromatic heterocycles. The van der Waals surface area contributed by atoms with E-state index in [1.54, 1.807) is 0 Å². The minimum absolute atomic E-state index is 0.0367. The normalized spacial score (nSPS) is 21.3. The van der Waals surface area contributed by atoms with E-state index in [2.05, 4.69) is 5.32 Å². The van der Waals surface area contributed by atoms with Crippen LogP contribution in [0.4, 0.5) is 13.2 Å². The zero-order chi connectivity index (χ0) is 15.9. The fourth-order valence-corrected chi connectivity index (χ4v) is 2.72. The van der Waals surface area contributed by atoms with Gasteiger partial charge in [0.25, 0.3) is 5.91 Å². The van der Waals surface area contributed by atoms with Gasteiger partial charge in [0.1, 0.15) is 0 Å². The van der Waals surface area contributed by atoms with Crippen molar-refractivity contribution in [2.24, 2.45) is 5.92 Å². The van der Waals surface area contributed by atoms with E-state index in [0.717, 1.165) is 18.9 Å². The van der Waals surface area contributed by atoms with E-state index in [-0.39, 0.29) is 18.4 Å². The van der Waals surface area contributed by atoms with Crippen molar-refractivity contribution in [3.8, 4) is 0 Å². The SMILES string of the molecule is O=C(NCC1CC(=O)N(C2CC2)C1)c1ccc(F)c(F)c1F. The maximum absolute atomic E-state index is 13.5. The Morgan fingerprint density at radius 3 is 2.64 bits per heavy atom. The number of benzene rings is 1. The molecule has 1 unspecified atom stereocenters. The van der Waals surface area contributed by atoms with Crippen molar-refractivity contribution < 1.29 is 22.8 Å². The quantitative estimate of drug-likeness (QED) is 0.863. The second kappa shape index (κ2) is 5.62. The Morgan fingerprint density at radius 1 is 1.23 bits per heavy atom. The van der Waals surface area contributed by atoms with E-state index in [0.29, 0.717) is 25.1 Å². The lowest BCUT2D eigenvalue weighted by Gasteiger charge is -2.15. The third-order valence-corrected chi connectivity index (χ3v) is 4.06. The second-order valence-corrected chi connectivity index (χ2v) is 5.78. The highest BCUT2D eigenvalue weighted by Gasteiger charge is 2.39. The number of carbonyl (C=O) groups excluding carboxylic acids is 2. The number of hydrogen-bond acceptors (Lipinski definition) is 2. The number of hydrogen-bond donors (Lipinski definition) is 1. The zero-order valence-corrected chi connectivity index (χ0v) is 11.7. The van der Waals surface area contributed by atoms with Gasteiger partial charge < -0.3 is 10.2 Å². The fourth-order valence-electron chi connectivity index (χ4n) is 2.72. The average molecular weight is 312 g/mol. The molecule has 2 amide bonds. The minimum atomic E-state index is -1.66. The number of nitrogens with zero attached hydrogens (tertiary/aromatic N) is 1. The summed E-state index contributed by atoms with van der Waals surface area (Å²) < 4.78 is 39.5. The van der Waals surface area contributed by atoms with E-state index in [4.69, 9.17) is 0 Å². The van der Waals surface area contributed by atoms with Gasteiger partial charge in [-0.2, -0.15) is 0 Å². The summed E-state index contributed by atoms with van der Waals surface area (Å²) in [6.45, 7) is 0.774. The van der Waals surface area contributed by atoms with Gasteiger partial charge >= 0.3 is 0 Å². The van der Waals surface area contributed by atoms with Crippen molar-refractivity contribution >= 4 is 11.8 Å². The molecule has 0 bridgehead atoms. The van der Waals surface area contributed by atoms with Crippen LogP contribution in [0.15, 0.2) is 12.1 Å². The van der Waals surface area contributed by atoms with Gasteiger partial charge in [-0.05, 0) is 25.0 Å². The molecule has 0 spiro atoms. The van der Waals surface area contributed by atoms with Crippen LogP contribution in [0, 0.1) is 23.4 Å². The van der Waals surface area contributed by atoms with Gasteiger partial charge in [-0.1, -0.05) is 0 Å². The predicted octanol–water partition coefficient (Wildman–Crippen LogP) is 1.84. The molecule has 1 atom stereocenters. The Kier molecular flexibility index (Phi) is 3.80. The average Bonchev–Trinajstić information content (AvgIpc) is 3.26. The Bertz CT molecular complexity index is 631. The van der Waals surface area contributed by atoms with Gasteiger partial charge in [0.2, 0.25) is 5.91 Å². The largest absolute Gasteiger partial charge is 0.352 e. The molecule has 1 aliphatic carbocycles. The van der Waals surface area contributed by atoms with Gasteiger partial charge in [-0.25, -0.2) is 13.2 Å². The van der Waals surface area contributed by atoms with Gasteiger partial charge in [-0.15, -0.1) is 0 Å². The van der Waals surface area contributed by atoms with Crippen molar-refractivity contribution in [1.82, 2.24) is 10.2 Å². The maximum atomic E-state index is 13.5. The predicted molar refractivity (Wildman–Crippen MR) is 71.5 cm³/mol. The number of likely N-dealkylation sites (tertiary alicyclic amines) is 1. The number of carbonyl (C=O) groups is 2. The second-order valence-electron chi connectivity index (χ2n) is 5.78. The maximum Gasteiger partial charge on any atom is 0.254 e.